The molecule has 2 aliphatic rings. The predicted octanol–water partition coefficient (Wildman–Crippen LogP) is 1.78. The highest BCUT2D eigenvalue weighted by atomic mass is 15.3. The molecule has 0 bridgehead atoms. The number of anilines is 2. The Morgan fingerprint density at radius 1 is 1.17 bits per heavy atom. The highest BCUT2D eigenvalue weighted by Gasteiger charge is 2.31. The fourth-order valence-corrected chi connectivity index (χ4v) is 3.41. The monoisotopic (exact) mass is 247 g/mol. The van der Waals surface area contributed by atoms with Crippen molar-refractivity contribution < 1.29 is 0 Å². The van der Waals surface area contributed by atoms with Gasteiger partial charge in [0.2, 0.25) is 0 Å². The SMILES string of the molecule is NNc1cc(N2CCC3CCCCC3C2)ncn1. The quantitative estimate of drug-likeness (QED) is 0.616. The second-order valence-corrected chi connectivity index (χ2v) is 5.45. The first kappa shape index (κ1) is 11.7. The molecule has 5 nitrogen and oxygen atoms in total. The van der Waals surface area contributed by atoms with Gasteiger partial charge in [-0.3, -0.25) is 0 Å². The maximum Gasteiger partial charge on any atom is 0.145 e. The molecule has 3 rings (SSSR count). The van der Waals surface area contributed by atoms with Crippen LogP contribution in [0.15, 0.2) is 12.4 Å². The number of rotatable bonds is 2. The minimum Gasteiger partial charge on any atom is -0.356 e. The first-order valence-electron chi connectivity index (χ1n) is 6.90. The Labute approximate surface area is 108 Å². The lowest BCUT2D eigenvalue weighted by atomic mass is 9.75. The Morgan fingerprint density at radius 3 is 2.83 bits per heavy atom. The molecule has 1 aromatic rings. The van der Waals surface area contributed by atoms with Gasteiger partial charge in [-0.05, 0) is 24.7 Å². The molecular weight excluding hydrogens is 226 g/mol. The van der Waals surface area contributed by atoms with Crippen LogP contribution in [-0.4, -0.2) is 23.1 Å². The van der Waals surface area contributed by atoms with Crippen LogP contribution in [0.25, 0.3) is 0 Å². The lowest BCUT2D eigenvalue weighted by molar-refractivity contribution is 0.202. The molecule has 1 aliphatic heterocycles. The van der Waals surface area contributed by atoms with Gasteiger partial charge in [0, 0.05) is 19.2 Å². The Bertz CT molecular complexity index is 408. The van der Waals surface area contributed by atoms with Crippen molar-refractivity contribution in [3.05, 3.63) is 12.4 Å². The van der Waals surface area contributed by atoms with E-state index in [0.29, 0.717) is 5.82 Å². The number of hydrazine groups is 1. The van der Waals surface area contributed by atoms with Gasteiger partial charge in [-0.25, -0.2) is 15.8 Å². The summed E-state index contributed by atoms with van der Waals surface area (Å²) in [6, 6.07) is 1.93. The van der Waals surface area contributed by atoms with Gasteiger partial charge in [-0.2, -0.15) is 0 Å². The van der Waals surface area contributed by atoms with Gasteiger partial charge >= 0.3 is 0 Å². The third-order valence-electron chi connectivity index (χ3n) is 4.42. The van der Waals surface area contributed by atoms with Crippen LogP contribution in [0.1, 0.15) is 32.1 Å². The fraction of sp³-hybridized carbons (Fsp3) is 0.692. The number of hydrogen-bond donors (Lipinski definition) is 2. The Balaban J connectivity index is 1.72. The largest absolute Gasteiger partial charge is 0.356 e. The topological polar surface area (TPSA) is 67.1 Å². The van der Waals surface area contributed by atoms with Gasteiger partial charge in [-0.15, -0.1) is 0 Å². The molecule has 0 spiro atoms. The Morgan fingerprint density at radius 2 is 2.00 bits per heavy atom. The third kappa shape index (κ3) is 2.27. The lowest BCUT2D eigenvalue weighted by Crippen LogP contribution is -2.42. The number of piperidine rings is 1. The second kappa shape index (κ2) is 5.10. The van der Waals surface area contributed by atoms with Crippen LogP contribution in [-0.2, 0) is 0 Å². The molecule has 0 radical (unpaired) electrons. The third-order valence-corrected chi connectivity index (χ3v) is 4.42. The van der Waals surface area contributed by atoms with Gasteiger partial charge < -0.3 is 10.3 Å². The van der Waals surface area contributed by atoms with Gasteiger partial charge in [0.15, 0.2) is 0 Å². The number of nitrogen functional groups attached to an aromatic ring is 1. The van der Waals surface area contributed by atoms with Gasteiger partial charge in [0.25, 0.3) is 0 Å². The first-order valence-corrected chi connectivity index (χ1v) is 6.90. The molecule has 0 aromatic carbocycles. The van der Waals surface area contributed by atoms with E-state index in [-0.39, 0.29) is 0 Å². The minimum absolute atomic E-state index is 0.686. The number of nitrogens with two attached hydrogens (primary N) is 1. The summed E-state index contributed by atoms with van der Waals surface area (Å²) in [6.07, 6.45) is 8.52. The van der Waals surface area contributed by atoms with Crippen molar-refractivity contribution in [3.8, 4) is 0 Å². The Hall–Kier alpha value is -1.36. The zero-order valence-corrected chi connectivity index (χ0v) is 10.7. The van der Waals surface area contributed by atoms with E-state index in [0.717, 1.165) is 30.7 Å². The molecule has 5 heteroatoms. The summed E-state index contributed by atoms with van der Waals surface area (Å²) in [7, 11) is 0. The number of nitrogens with zero attached hydrogens (tertiary/aromatic N) is 3. The maximum atomic E-state index is 5.40. The molecule has 1 saturated heterocycles. The van der Waals surface area contributed by atoms with Crippen LogP contribution in [0.5, 0.6) is 0 Å². The van der Waals surface area contributed by atoms with Crippen molar-refractivity contribution in [1.82, 2.24) is 9.97 Å². The zero-order chi connectivity index (χ0) is 12.4. The lowest BCUT2D eigenvalue weighted by Gasteiger charge is -2.41. The molecule has 2 heterocycles. The molecule has 98 valence electrons. The summed E-state index contributed by atoms with van der Waals surface area (Å²) in [6.45, 7) is 2.26. The van der Waals surface area contributed by atoms with E-state index >= 15 is 0 Å². The van der Waals surface area contributed by atoms with Crippen molar-refractivity contribution in [2.24, 2.45) is 17.7 Å². The van der Waals surface area contributed by atoms with Crippen LogP contribution in [0, 0.1) is 11.8 Å². The van der Waals surface area contributed by atoms with Crippen molar-refractivity contribution in [2.75, 3.05) is 23.4 Å². The molecule has 1 aliphatic carbocycles. The highest BCUT2D eigenvalue weighted by molar-refractivity contribution is 5.48. The van der Waals surface area contributed by atoms with Gasteiger partial charge in [-0.1, -0.05) is 19.3 Å². The van der Waals surface area contributed by atoms with Crippen LogP contribution >= 0.6 is 0 Å². The van der Waals surface area contributed by atoms with Gasteiger partial charge in [0.1, 0.15) is 18.0 Å². The average molecular weight is 247 g/mol. The molecule has 1 aromatic heterocycles. The zero-order valence-electron chi connectivity index (χ0n) is 10.7. The summed E-state index contributed by atoms with van der Waals surface area (Å²) >= 11 is 0. The van der Waals surface area contributed by atoms with E-state index in [4.69, 9.17) is 5.84 Å². The molecule has 2 atom stereocenters. The maximum absolute atomic E-state index is 5.40. The molecule has 18 heavy (non-hydrogen) atoms. The van der Waals surface area contributed by atoms with Crippen LogP contribution in [0.3, 0.4) is 0 Å². The molecule has 1 saturated carbocycles. The minimum atomic E-state index is 0.686. The molecule has 0 amide bonds. The average Bonchev–Trinajstić information content (AvgIpc) is 2.47. The van der Waals surface area contributed by atoms with Crippen LogP contribution in [0.2, 0.25) is 0 Å². The summed E-state index contributed by atoms with van der Waals surface area (Å²) in [5.74, 6) is 8.89. The number of nitrogens with one attached hydrogen (secondary N) is 1. The van der Waals surface area contributed by atoms with Crippen molar-refractivity contribution in [2.45, 2.75) is 32.1 Å². The Kier molecular flexibility index (Phi) is 3.32. The van der Waals surface area contributed by atoms with Crippen molar-refractivity contribution in [1.29, 1.82) is 0 Å². The molecule has 2 fully saturated rings. The molecular formula is C13H21N5. The van der Waals surface area contributed by atoms with Crippen LogP contribution in [0.4, 0.5) is 11.6 Å². The van der Waals surface area contributed by atoms with E-state index in [9.17, 15) is 0 Å². The number of aromatic nitrogens is 2. The van der Waals surface area contributed by atoms with Crippen molar-refractivity contribution >= 4 is 11.6 Å². The second-order valence-electron chi connectivity index (χ2n) is 5.45. The fourth-order valence-electron chi connectivity index (χ4n) is 3.41. The van der Waals surface area contributed by atoms with E-state index in [2.05, 4.69) is 20.3 Å². The summed E-state index contributed by atoms with van der Waals surface area (Å²) in [4.78, 5) is 10.8. The smallest absolute Gasteiger partial charge is 0.145 e. The molecule has 2 unspecified atom stereocenters. The van der Waals surface area contributed by atoms with Gasteiger partial charge in [0.05, 0.1) is 0 Å². The van der Waals surface area contributed by atoms with E-state index in [1.165, 1.54) is 32.1 Å². The van der Waals surface area contributed by atoms with E-state index in [1.54, 1.807) is 6.33 Å². The van der Waals surface area contributed by atoms with Crippen molar-refractivity contribution in [3.63, 3.8) is 0 Å². The summed E-state index contributed by atoms with van der Waals surface area (Å²) < 4.78 is 0. The standard InChI is InChI=1S/C13H21N5/c14-17-12-7-13(16-9-15-12)18-6-5-10-3-1-2-4-11(10)8-18/h7,9-11H,1-6,8,14H2,(H,15,16,17). The summed E-state index contributed by atoms with van der Waals surface area (Å²) in [5, 5.41) is 0. The number of fused-ring (bicyclic) bond motifs is 1. The van der Waals surface area contributed by atoms with Crippen LogP contribution < -0.4 is 16.2 Å². The summed E-state index contributed by atoms with van der Waals surface area (Å²) in [5.41, 5.74) is 2.58. The molecule has 3 N–H and O–H groups in total. The number of hydrogen-bond acceptors (Lipinski definition) is 5. The van der Waals surface area contributed by atoms with E-state index < -0.39 is 0 Å². The predicted molar refractivity (Wildman–Crippen MR) is 72.1 cm³/mol. The van der Waals surface area contributed by atoms with E-state index in [1.807, 2.05) is 6.07 Å². The first-order chi connectivity index (χ1) is 8.86. The normalized spacial score (nSPS) is 27.7. The highest BCUT2D eigenvalue weighted by Crippen LogP contribution is 2.37.